The number of carbonyl (C=O) groups is 2. The number of esters is 2. The summed E-state index contributed by atoms with van der Waals surface area (Å²) in [6.45, 7) is 4.02. The molecule has 1 aliphatic heterocycles. The Bertz CT molecular complexity index is 1150. The van der Waals surface area contributed by atoms with E-state index in [-0.39, 0.29) is 26.1 Å². The molecule has 0 amide bonds. The van der Waals surface area contributed by atoms with Gasteiger partial charge in [-0.25, -0.2) is 0 Å². The molecule has 0 aromatic carbocycles. The number of phosphoric ester groups is 1. The maximum Gasteiger partial charge on any atom is 0.306 e. The minimum atomic E-state index is -4.64. The molecule has 0 bridgehead atoms. The highest BCUT2D eigenvalue weighted by Gasteiger charge is 2.36. The van der Waals surface area contributed by atoms with E-state index in [0.717, 1.165) is 51.4 Å². The summed E-state index contributed by atoms with van der Waals surface area (Å²) >= 11 is 0. The summed E-state index contributed by atoms with van der Waals surface area (Å²) in [5.41, 5.74) is 0. The van der Waals surface area contributed by atoms with Crippen molar-refractivity contribution in [3.63, 3.8) is 0 Å². The zero-order valence-corrected chi connectivity index (χ0v) is 36.2. The van der Waals surface area contributed by atoms with Crippen molar-refractivity contribution >= 4 is 19.8 Å². The first kappa shape index (κ1) is 50.9. The van der Waals surface area contributed by atoms with Crippen LogP contribution in [0.25, 0.3) is 0 Å². The Morgan fingerprint density at radius 3 is 1.76 bits per heavy atom. The number of hydrogen-bond acceptors (Lipinski definition) is 9. The van der Waals surface area contributed by atoms with Crippen LogP contribution in [-0.4, -0.2) is 82.2 Å². The SMILES string of the molecule is CC/C=C\C/C=C\CC1OC1C/C=C\C/C=C\CCCC(=O)OC(COC(=O)CCCCCCCCCCCCCCC)COP(=O)([O-])OCC[N+](C)(C)C. The van der Waals surface area contributed by atoms with Crippen molar-refractivity contribution in [2.24, 2.45) is 0 Å². The number of rotatable bonds is 37. The Morgan fingerprint density at radius 2 is 1.20 bits per heavy atom. The molecule has 0 saturated carbocycles. The molecular weight excluding hydrogens is 717 g/mol. The van der Waals surface area contributed by atoms with Crippen LogP contribution in [0.1, 0.15) is 155 Å². The standard InChI is InChI=1S/C44H78NO9P/c1-6-8-10-12-14-15-16-17-18-19-22-26-30-34-43(46)50-38-40(39-52-55(48,49)51-37-36-45(3,4)5)53-44(47)35-31-27-23-20-21-25-29-33-42-41(54-42)32-28-24-13-11-9-7-2/h9,11,20,23-25,28-29,40-42H,6-8,10,12-19,21-22,26-27,30-39H2,1-5H3/b11-9-,23-20-,28-24-,29-25-. The van der Waals surface area contributed by atoms with Crippen LogP contribution >= 0.6 is 7.82 Å². The molecule has 0 radical (unpaired) electrons. The molecule has 0 aromatic rings. The van der Waals surface area contributed by atoms with E-state index < -0.39 is 32.5 Å². The highest BCUT2D eigenvalue weighted by Crippen LogP contribution is 2.38. The van der Waals surface area contributed by atoms with Crippen LogP contribution in [0.3, 0.4) is 0 Å². The van der Waals surface area contributed by atoms with Crippen molar-refractivity contribution in [1.29, 1.82) is 0 Å². The fourth-order valence-electron chi connectivity index (χ4n) is 5.79. The third-order valence-corrected chi connectivity index (χ3v) is 10.2. The lowest BCUT2D eigenvalue weighted by atomic mass is 10.0. The molecule has 55 heavy (non-hydrogen) atoms. The summed E-state index contributed by atoms with van der Waals surface area (Å²) < 4.78 is 39.5. The number of nitrogens with zero attached hydrogens (tertiary/aromatic N) is 1. The smallest absolute Gasteiger partial charge is 0.306 e. The zero-order valence-electron chi connectivity index (χ0n) is 35.3. The van der Waals surface area contributed by atoms with Crippen molar-refractivity contribution in [3.8, 4) is 0 Å². The van der Waals surface area contributed by atoms with E-state index in [0.29, 0.717) is 36.1 Å². The maximum atomic E-state index is 12.7. The van der Waals surface area contributed by atoms with Crippen LogP contribution < -0.4 is 4.89 Å². The number of phosphoric acid groups is 1. The minimum absolute atomic E-state index is 0.0446. The first-order chi connectivity index (χ1) is 26.5. The number of epoxide rings is 1. The van der Waals surface area contributed by atoms with E-state index in [2.05, 4.69) is 56.4 Å². The first-order valence-electron chi connectivity index (χ1n) is 21.5. The van der Waals surface area contributed by atoms with E-state index in [9.17, 15) is 19.0 Å². The molecule has 0 N–H and O–H groups in total. The minimum Gasteiger partial charge on any atom is -0.756 e. The largest absolute Gasteiger partial charge is 0.756 e. The predicted octanol–water partition coefficient (Wildman–Crippen LogP) is 10.3. The Balaban J connectivity index is 2.34. The molecule has 4 unspecified atom stereocenters. The molecule has 0 aromatic heterocycles. The van der Waals surface area contributed by atoms with Crippen molar-refractivity contribution in [1.82, 2.24) is 0 Å². The monoisotopic (exact) mass is 796 g/mol. The molecule has 1 saturated heterocycles. The quantitative estimate of drug-likeness (QED) is 0.0151. The summed E-state index contributed by atoms with van der Waals surface area (Å²) in [6, 6.07) is 0. The fourth-order valence-corrected chi connectivity index (χ4v) is 6.52. The van der Waals surface area contributed by atoms with Crippen LogP contribution in [0.4, 0.5) is 0 Å². The number of quaternary nitrogens is 1. The summed E-state index contributed by atoms with van der Waals surface area (Å²) in [7, 11) is 1.12. The topological polar surface area (TPSA) is 124 Å². The average molecular weight is 796 g/mol. The number of allylic oxidation sites excluding steroid dienone is 6. The average Bonchev–Trinajstić information content (AvgIpc) is 3.89. The summed E-state index contributed by atoms with van der Waals surface area (Å²) in [6.07, 6.45) is 38.9. The van der Waals surface area contributed by atoms with Gasteiger partial charge in [0.2, 0.25) is 0 Å². The Hall–Kier alpha value is -2.07. The lowest BCUT2D eigenvalue weighted by molar-refractivity contribution is -0.870. The number of carbonyl (C=O) groups excluding carboxylic acids is 2. The maximum absolute atomic E-state index is 12.7. The highest BCUT2D eigenvalue weighted by molar-refractivity contribution is 7.45. The van der Waals surface area contributed by atoms with Gasteiger partial charge in [-0.05, 0) is 51.4 Å². The van der Waals surface area contributed by atoms with E-state index in [1.165, 1.54) is 64.2 Å². The molecule has 0 spiro atoms. The third-order valence-electron chi connectivity index (χ3n) is 9.27. The van der Waals surface area contributed by atoms with Crippen LogP contribution in [0, 0.1) is 0 Å². The lowest BCUT2D eigenvalue weighted by Gasteiger charge is -2.28. The van der Waals surface area contributed by atoms with Gasteiger partial charge in [-0.1, -0.05) is 140 Å². The van der Waals surface area contributed by atoms with Gasteiger partial charge in [0.1, 0.15) is 19.8 Å². The first-order valence-corrected chi connectivity index (χ1v) is 22.9. The van der Waals surface area contributed by atoms with Crippen LogP contribution in [0.15, 0.2) is 48.6 Å². The van der Waals surface area contributed by atoms with E-state index in [1.807, 2.05) is 27.2 Å². The zero-order chi connectivity index (χ0) is 40.5. The second-order valence-electron chi connectivity index (χ2n) is 15.7. The second-order valence-corrected chi connectivity index (χ2v) is 17.1. The highest BCUT2D eigenvalue weighted by atomic mass is 31.2. The van der Waals surface area contributed by atoms with Gasteiger partial charge in [0.15, 0.2) is 6.10 Å². The van der Waals surface area contributed by atoms with Gasteiger partial charge in [0.05, 0.1) is 40.0 Å². The molecular formula is C44H78NO9P. The summed E-state index contributed by atoms with van der Waals surface area (Å²) in [4.78, 5) is 37.5. The van der Waals surface area contributed by atoms with Gasteiger partial charge < -0.3 is 32.6 Å². The van der Waals surface area contributed by atoms with Gasteiger partial charge in [-0.3, -0.25) is 14.2 Å². The fraction of sp³-hybridized carbons (Fsp3) is 0.773. The Morgan fingerprint density at radius 1 is 0.673 bits per heavy atom. The molecule has 318 valence electrons. The third kappa shape index (κ3) is 33.8. The van der Waals surface area contributed by atoms with Gasteiger partial charge in [0, 0.05) is 12.8 Å². The van der Waals surface area contributed by atoms with Crippen LogP contribution in [-0.2, 0) is 37.4 Å². The molecule has 1 rings (SSSR count). The number of likely N-dealkylation sites (N-methyl/N-ethyl adjacent to an activating group) is 1. The molecule has 1 heterocycles. The van der Waals surface area contributed by atoms with Crippen molar-refractivity contribution in [2.45, 2.75) is 173 Å². The van der Waals surface area contributed by atoms with Gasteiger partial charge in [-0.15, -0.1) is 0 Å². The molecule has 0 aliphatic carbocycles. The number of ether oxygens (including phenoxy) is 3. The summed E-state index contributed by atoms with van der Waals surface area (Å²) in [5.74, 6) is -0.909. The van der Waals surface area contributed by atoms with Gasteiger partial charge in [-0.2, -0.15) is 0 Å². The normalized spacial score (nSPS) is 17.8. The molecule has 4 atom stereocenters. The summed E-state index contributed by atoms with van der Waals surface area (Å²) in [5, 5.41) is 0. The van der Waals surface area contributed by atoms with E-state index in [4.69, 9.17) is 23.3 Å². The lowest BCUT2D eigenvalue weighted by Crippen LogP contribution is -2.37. The predicted molar refractivity (Wildman–Crippen MR) is 221 cm³/mol. The van der Waals surface area contributed by atoms with Crippen LogP contribution in [0.2, 0.25) is 0 Å². The number of hydrogen-bond donors (Lipinski definition) is 0. The molecule has 11 heteroatoms. The van der Waals surface area contributed by atoms with Crippen molar-refractivity contribution in [3.05, 3.63) is 48.6 Å². The van der Waals surface area contributed by atoms with Crippen molar-refractivity contribution < 1.29 is 46.8 Å². The Kier molecular flexibility index (Phi) is 30.5. The Labute approximate surface area is 335 Å². The van der Waals surface area contributed by atoms with Crippen LogP contribution in [0.5, 0.6) is 0 Å². The van der Waals surface area contributed by atoms with Gasteiger partial charge in [0.25, 0.3) is 7.82 Å². The van der Waals surface area contributed by atoms with Crippen molar-refractivity contribution in [2.75, 3.05) is 47.5 Å². The van der Waals surface area contributed by atoms with E-state index in [1.54, 1.807) is 0 Å². The van der Waals surface area contributed by atoms with E-state index >= 15 is 0 Å². The van der Waals surface area contributed by atoms with Gasteiger partial charge >= 0.3 is 11.9 Å². The second kappa shape index (κ2) is 33.0. The molecule has 1 fully saturated rings. The molecule has 10 nitrogen and oxygen atoms in total. The number of unbranched alkanes of at least 4 members (excludes halogenated alkanes) is 13. The molecule has 1 aliphatic rings.